The normalized spacial score (nSPS) is 11.3. The van der Waals surface area contributed by atoms with Crippen LogP contribution in [0.4, 0.5) is 5.69 Å². The molecule has 3 aromatic carbocycles. The van der Waals surface area contributed by atoms with Crippen molar-refractivity contribution in [3.05, 3.63) is 89.2 Å². The number of benzene rings is 3. The Hall–Kier alpha value is -3.31. The van der Waals surface area contributed by atoms with Gasteiger partial charge >= 0.3 is 0 Å². The molecule has 0 aliphatic carbocycles. The summed E-state index contributed by atoms with van der Waals surface area (Å²) in [7, 11) is 0. The molecule has 6 heteroatoms. The molecule has 0 unspecified atom stereocenters. The van der Waals surface area contributed by atoms with E-state index in [0.717, 1.165) is 5.56 Å². The first-order valence-electron chi connectivity index (χ1n) is 7.97. The van der Waals surface area contributed by atoms with Crippen LogP contribution in [0.2, 0.25) is 0 Å². The van der Waals surface area contributed by atoms with Crippen LogP contribution in [-0.2, 0) is 0 Å². The Labute approximate surface area is 154 Å². The van der Waals surface area contributed by atoms with Crippen molar-refractivity contribution in [3.63, 3.8) is 0 Å². The number of rotatable bonds is 3. The van der Waals surface area contributed by atoms with E-state index in [2.05, 4.69) is 9.75 Å². The zero-order valence-corrected chi connectivity index (χ0v) is 14.3. The smallest absolute Gasteiger partial charge is 0.266 e. The zero-order valence-electron chi connectivity index (χ0n) is 13.6. The van der Waals surface area contributed by atoms with Gasteiger partial charge < -0.3 is 0 Å². The number of para-hydroxylation sites is 1. The molecule has 0 spiro atoms. The summed E-state index contributed by atoms with van der Waals surface area (Å²) in [6.45, 7) is 0. The predicted octanol–water partition coefficient (Wildman–Crippen LogP) is 5.29. The highest BCUT2D eigenvalue weighted by Gasteiger charge is 2.14. The van der Waals surface area contributed by atoms with Crippen LogP contribution in [0.3, 0.4) is 0 Å². The maximum absolute atomic E-state index is 13.2. The van der Waals surface area contributed by atoms with E-state index >= 15 is 0 Å². The van der Waals surface area contributed by atoms with E-state index in [0.29, 0.717) is 28.1 Å². The summed E-state index contributed by atoms with van der Waals surface area (Å²) in [6, 6.07) is 24.1. The van der Waals surface area contributed by atoms with E-state index in [4.69, 9.17) is 16.8 Å². The maximum atomic E-state index is 13.2. The highest BCUT2D eigenvalue weighted by atomic mass is 35.5. The Morgan fingerprint density at radius 3 is 2.27 bits per heavy atom. The third-order valence-corrected chi connectivity index (χ3v) is 4.14. The Morgan fingerprint density at radius 1 is 0.846 bits per heavy atom. The highest BCUT2D eigenvalue weighted by Crippen LogP contribution is 2.23. The van der Waals surface area contributed by atoms with Gasteiger partial charge in [-0.1, -0.05) is 47.1 Å². The molecule has 4 rings (SSSR count). The fourth-order valence-electron chi connectivity index (χ4n) is 2.87. The average Bonchev–Trinajstić information content (AvgIpc) is 2.70. The first-order chi connectivity index (χ1) is 12.8. The van der Waals surface area contributed by atoms with Crippen molar-refractivity contribution in [1.29, 1.82) is 0 Å². The molecule has 5 nitrogen and oxygen atoms in total. The molecular weight excluding hydrogens is 348 g/mol. The van der Waals surface area contributed by atoms with E-state index in [1.54, 1.807) is 34.9 Å². The molecule has 0 saturated heterocycles. The zero-order chi connectivity index (χ0) is 17.9. The van der Waals surface area contributed by atoms with Crippen molar-refractivity contribution >= 4 is 28.4 Å². The molecule has 0 saturated carbocycles. The molecule has 0 atom stereocenters. The van der Waals surface area contributed by atoms with Crippen LogP contribution in [0, 0.1) is 0 Å². The lowest BCUT2D eigenvalue weighted by Crippen LogP contribution is -2.21. The van der Waals surface area contributed by atoms with Gasteiger partial charge in [0.15, 0.2) is 0 Å². The van der Waals surface area contributed by atoms with E-state index < -0.39 is 0 Å². The molecule has 0 aliphatic heterocycles. The lowest BCUT2D eigenvalue weighted by molar-refractivity contribution is 0.975. The molecular formula is C20H13ClN4O. The standard InChI is InChI=1S/C20H13ClN4O/c21-24-23-15-10-12-16(13-11-15)25-19(14-6-2-1-3-7-14)22-18-9-5-4-8-17(18)20(25)26/h1-13H. The maximum Gasteiger partial charge on any atom is 0.266 e. The number of nitrogens with zero attached hydrogens (tertiary/aromatic N) is 4. The van der Waals surface area contributed by atoms with Crippen LogP contribution in [-0.4, -0.2) is 9.55 Å². The van der Waals surface area contributed by atoms with Gasteiger partial charge in [-0.25, -0.2) is 4.98 Å². The molecule has 0 radical (unpaired) electrons. The average molecular weight is 361 g/mol. The van der Waals surface area contributed by atoms with Gasteiger partial charge in [0.05, 0.1) is 34.1 Å². The molecule has 1 heterocycles. The number of halogens is 1. The monoisotopic (exact) mass is 360 g/mol. The van der Waals surface area contributed by atoms with Crippen molar-refractivity contribution < 1.29 is 0 Å². The lowest BCUT2D eigenvalue weighted by atomic mass is 10.1. The van der Waals surface area contributed by atoms with E-state index in [-0.39, 0.29) is 5.56 Å². The summed E-state index contributed by atoms with van der Waals surface area (Å²) < 4.78 is 4.86. The fourth-order valence-corrected chi connectivity index (χ4v) is 2.95. The second-order valence-corrected chi connectivity index (χ2v) is 5.80. The Kier molecular flexibility index (Phi) is 4.29. The molecule has 0 amide bonds. The summed E-state index contributed by atoms with van der Waals surface area (Å²) in [5.41, 5.74) is 2.70. The van der Waals surface area contributed by atoms with Gasteiger partial charge in [-0.15, -0.1) is 5.11 Å². The van der Waals surface area contributed by atoms with E-state index in [9.17, 15) is 4.79 Å². The van der Waals surface area contributed by atoms with Crippen molar-refractivity contribution in [2.75, 3.05) is 0 Å². The number of fused-ring (bicyclic) bond motifs is 1. The van der Waals surface area contributed by atoms with Crippen LogP contribution in [0.15, 0.2) is 93.4 Å². The van der Waals surface area contributed by atoms with Gasteiger partial charge in [0.1, 0.15) is 5.82 Å². The van der Waals surface area contributed by atoms with Gasteiger partial charge in [-0.2, -0.15) is 0 Å². The van der Waals surface area contributed by atoms with Crippen molar-refractivity contribution in [2.45, 2.75) is 0 Å². The molecule has 0 bridgehead atoms. The van der Waals surface area contributed by atoms with E-state index in [1.807, 2.05) is 48.5 Å². The minimum Gasteiger partial charge on any atom is -0.268 e. The summed E-state index contributed by atoms with van der Waals surface area (Å²) >= 11 is 5.28. The van der Waals surface area contributed by atoms with Crippen molar-refractivity contribution in [1.82, 2.24) is 9.55 Å². The Morgan fingerprint density at radius 2 is 1.54 bits per heavy atom. The van der Waals surface area contributed by atoms with Crippen LogP contribution >= 0.6 is 11.8 Å². The molecule has 4 aromatic rings. The minimum absolute atomic E-state index is 0.124. The molecule has 26 heavy (non-hydrogen) atoms. The molecule has 1 aromatic heterocycles. The second-order valence-electron chi connectivity index (χ2n) is 5.65. The fraction of sp³-hybridized carbons (Fsp3) is 0. The third-order valence-electron chi connectivity index (χ3n) is 4.07. The van der Waals surface area contributed by atoms with Crippen LogP contribution in [0.1, 0.15) is 0 Å². The number of hydrogen-bond donors (Lipinski definition) is 0. The Bertz CT molecular complexity index is 1150. The van der Waals surface area contributed by atoms with Gasteiger partial charge in [0.2, 0.25) is 0 Å². The quantitative estimate of drug-likeness (QED) is 0.466. The highest BCUT2D eigenvalue weighted by molar-refractivity contribution is 6.14. The van der Waals surface area contributed by atoms with Crippen LogP contribution < -0.4 is 5.56 Å². The Balaban J connectivity index is 2.03. The van der Waals surface area contributed by atoms with Gasteiger partial charge in [-0.3, -0.25) is 9.36 Å². The van der Waals surface area contributed by atoms with Crippen LogP contribution in [0.25, 0.3) is 28.0 Å². The summed E-state index contributed by atoms with van der Waals surface area (Å²) in [5, 5.41) is 4.35. The van der Waals surface area contributed by atoms with Gasteiger partial charge in [0, 0.05) is 5.56 Å². The van der Waals surface area contributed by atoms with E-state index in [1.165, 1.54) is 0 Å². The van der Waals surface area contributed by atoms with Crippen molar-refractivity contribution in [3.8, 4) is 17.1 Å². The summed E-state index contributed by atoms with van der Waals surface area (Å²) in [6.07, 6.45) is 0. The van der Waals surface area contributed by atoms with Crippen molar-refractivity contribution in [2.24, 2.45) is 9.75 Å². The lowest BCUT2D eigenvalue weighted by Gasteiger charge is -2.14. The molecule has 0 fully saturated rings. The largest absolute Gasteiger partial charge is 0.268 e. The predicted molar refractivity (Wildman–Crippen MR) is 103 cm³/mol. The topological polar surface area (TPSA) is 59.6 Å². The molecule has 0 aliphatic rings. The number of hydrogen-bond acceptors (Lipinski definition) is 4. The first kappa shape index (κ1) is 16.2. The van der Waals surface area contributed by atoms with Gasteiger partial charge in [0.25, 0.3) is 5.56 Å². The third kappa shape index (κ3) is 2.89. The minimum atomic E-state index is -0.124. The second kappa shape index (κ2) is 6.90. The number of aromatic nitrogens is 2. The summed E-state index contributed by atoms with van der Waals surface area (Å²) in [4.78, 5) is 17.9. The van der Waals surface area contributed by atoms with Crippen LogP contribution in [0.5, 0.6) is 0 Å². The molecule has 0 N–H and O–H groups in total. The van der Waals surface area contributed by atoms with Gasteiger partial charge in [-0.05, 0) is 36.4 Å². The SMILES string of the molecule is O=c1c2ccccc2nc(-c2ccccc2)n1-c1ccc(N=NCl)cc1. The molecule has 126 valence electrons. The first-order valence-corrected chi connectivity index (χ1v) is 8.31. The summed E-state index contributed by atoms with van der Waals surface area (Å²) in [5.74, 6) is 0.584.